The number of carbonyl (C=O) groups is 1. The van der Waals surface area contributed by atoms with E-state index in [-0.39, 0.29) is 0 Å². The Morgan fingerprint density at radius 3 is 2.12 bits per heavy atom. The third-order valence-electron chi connectivity index (χ3n) is 2.67. The van der Waals surface area contributed by atoms with Crippen molar-refractivity contribution in [2.45, 2.75) is 19.3 Å². The van der Waals surface area contributed by atoms with Gasteiger partial charge in [0.25, 0.3) is 5.92 Å². The van der Waals surface area contributed by atoms with Gasteiger partial charge in [-0.25, -0.2) is 13.6 Å². The molecule has 1 atom stereocenters. The predicted molar refractivity (Wildman–Crippen MR) is 47.9 cm³/mol. The Kier molecular flexibility index (Phi) is 2.70. The Bertz CT molecular complexity index is 456. The molecule has 1 aliphatic rings. The van der Waals surface area contributed by atoms with Gasteiger partial charge in [-0.15, -0.1) is 0 Å². The van der Waals surface area contributed by atoms with Crippen molar-refractivity contribution in [3.05, 3.63) is 11.1 Å². The quantitative estimate of drug-likeness (QED) is 0.406. The molecule has 1 aliphatic carbocycles. The van der Waals surface area contributed by atoms with Crippen LogP contribution in [0.2, 0.25) is 0 Å². The van der Waals surface area contributed by atoms with Crippen LogP contribution in [0.25, 0.3) is 0 Å². The average molecular weight is 226 g/mol. The molecule has 0 N–H and O–H groups in total. The van der Waals surface area contributed by atoms with E-state index in [0.717, 1.165) is 14.0 Å². The lowest BCUT2D eigenvalue weighted by molar-refractivity contribution is -0.135. The van der Waals surface area contributed by atoms with Crippen LogP contribution in [-0.4, -0.2) is 19.0 Å². The van der Waals surface area contributed by atoms with Crippen molar-refractivity contribution in [1.29, 1.82) is 10.5 Å². The summed E-state index contributed by atoms with van der Waals surface area (Å²) in [5.74, 6) is -4.11. The van der Waals surface area contributed by atoms with Gasteiger partial charge >= 0.3 is 5.97 Å². The van der Waals surface area contributed by atoms with E-state index in [4.69, 9.17) is 10.5 Å². The number of esters is 1. The summed E-state index contributed by atoms with van der Waals surface area (Å²) in [6.07, 6.45) is -0.537. The SMILES string of the molecule is COC(=O)/C(C#N)=C(/C#N)C1(C)CC1(F)F. The monoisotopic (exact) mass is 226 g/mol. The number of nitrogens with zero attached hydrogens (tertiary/aromatic N) is 2. The zero-order chi connectivity index (χ0) is 12.6. The van der Waals surface area contributed by atoms with Crippen LogP contribution in [0.4, 0.5) is 8.78 Å². The largest absolute Gasteiger partial charge is 0.465 e. The van der Waals surface area contributed by atoms with E-state index >= 15 is 0 Å². The molecule has 0 spiro atoms. The van der Waals surface area contributed by atoms with Crippen molar-refractivity contribution >= 4 is 5.97 Å². The Balaban J connectivity index is 3.28. The fraction of sp³-hybridized carbons (Fsp3) is 0.500. The molecule has 0 saturated heterocycles. The highest BCUT2D eigenvalue weighted by molar-refractivity contribution is 5.95. The molecule has 1 saturated carbocycles. The number of methoxy groups -OCH3 is 1. The molecule has 0 radical (unpaired) electrons. The maximum absolute atomic E-state index is 13.0. The van der Waals surface area contributed by atoms with E-state index in [9.17, 15) is 13.6 Å². The van der Waals surface area contributed by atoms with Gasteiger partial charge in [0.2, 0.25) is 0 Å². The first-order chi connectivity index (χ1) is 7.34. The number of ether oxygens (including phenoxy) is 1. The highest BCUT2D eigenvalue weighted by Gasteiger charge is 2.71. The molecule has 0 aliphatic heterocycles. The molecule has 6 heteroatoms. The molecule has 1 fully saturated rings. The first kappa shape index (κ1) is 12.1. The molecule has 84 valence electrons. The number of hydrogen-bond donors (Lipinski definition) is 0. The zero-order valence-electron chi connectivity index (χ0n) is 8.67. The van der Waals surface area contributed by atoms with Crippen LogP contribution < -0.4 is 0 Å². The molecule has 0 bridgehead atoms. The molecule has 0 heterocycles. The van der Waals surface area contributed by atoms with E-state index in [1.165, 1.54) is 12.1 Å². The average Bonchev–Trinajstić information content (AvgIpc) is 2.73. The highest BCUT2D eigenvalue weighted by Crippen LogP contribution is 2.64. The minimum atomic E-state index is -3.05. The van der Waals surface area contributed by atoms with Gasteiger partial charge in [-0.1, -0.05) is 0 Å². The summed E-state index contributed by atoms with van der Waals surface area (Å²) < 4.78 is 30.3. The maximum Gasteiger partial charge on any atom is 0.349 e. The van der Waals surface area contributed by atoms with Crippen LogP contribution in [-0.2, 0) is 9.53 Å². The summed E-state index contributed by atoms with van der Waals surface area (Å²) in [4.78, 5) is 11.1. The molecule has 16 heavy (non-hydrogen) atoms. The van der Waals surface area contributed by atoms with Crippen molar-refractivity contribution in [3.8, 4) is 12.1 Å². The number of allylic oxidation sites excluding steroid dienone is 1. The van der Waals surface area contributed by atoms with Crippen molar-refractivity contribution in [1.82, 2.24) is 0 Å². The van der Waals surface area contributed by atoms with Gasteiger partial charge in [-0.2, -0.15) is 10.5 Å². The second-order valence-corrected chi connectivity index (χ2v) is 3.68. The number of hydrogen-bond acceptors (Lipinski definition) is 4. The summed E-state index contributed by atoms with van der Waals surface area (Å²) in [6.45, 7) is 1.14. The summed E-state index contributed by atoms with van der Waals surface area (Å²) in [6, 6.07) is 2.94. The third-order valence-corrected chi connectivity index (χ3v) is 2.67. The van der Waals surface area contributed by atoms with Gasteiger partial charge in [0.05, 0.1) is 24.2 Å². The Morgan fingerprint density at radius 2 is 1.88 bits per heavy atom. The van der Waals surface area contributed by atoms with E-state index in [1.807, 2.05) is 0 Å². The topological polar surface area (TPSA) is 73.9 Å². The van der Waals surface area contributed by atoms with E-state index in [2.05, 4.69) is 4.74 Å². The predicted octanol–water partition coefficient (Wildman–Crippen LogP) is 1.55. The van der Waals surface area contributed by atoms with Crippen LogP contribution in [0.1, 0.15) is 13.3 Å². The standard InChI is InChI=1S/C10H8F2N2O2/c1-9(5-10(9,11)12)7(4-14)6(3-13)8(15)16-2/h5H2,1-2H3/b7-6-. The summed E-state index contributed by atoms with van der Waals surface area (Å²) in [5, 5.41) is 17.5. The number of halogens is 2. The summed E-state index contributed by atoms with van der Waals surface area (Å²) >= 11 is 0. The zero-order valence-corrected chi connectivity index (χ0v) is 8.67. The number of nitriles is 2. The highest BCUT2D eigenvalue weighted by atomic mass is 19.3. The van der Waals surface area contributed by atoms with Gasteiger partial charge in [-0.05, 0) is 6.92 Å². The molecule has 4 nitrogen and oxygen atoms in total. The first-order valence-corrected chi connectivity index (χ1v) is 4.35. The van der Waals surface area contributed by atoms with Crippen molar-refractivity contribution in [3.63, 3.8) is 0 Å². The van der Waals surface area contributed by atoms with Crippen molar-refractivity contribution < 1.29 is 18.3 Å². The lowest BCUT2D eigenvalue weighted by atomic mass is 9.94. The molecular formula is C10H8F2N2O2. The molecule has 1 rings (SSSR count). The lowest BCUT2D eigenvalue weighted by Crippen LogP contribution is -2.15. The van der Waals surface area contributed by atoms with Crippen LogP contribution in [0.15, 0.2) is 11.1 Å². The second-order valence-electron chi connectivity index (χ2n) is 3.68. The number of alkyl halides is 2. The van der Waals surface area contributed by atoms with Crippen molar-refractivity contribution in [2.24, 2.45) is 5.41 Å². The Hall–Kier alpha value is -1.95. The van der Waals surface area contributed by atoms with Gasteiger partial charge in [0, 0.05) is 6.42 Å². The van der Waals surface area contributed by atoms with Gasteiger partial charge in [-0.3, -0.25) is 0 Å². The van der Waals surface area contributed by atoms with Crippen LogP contribution >= 0.6 is 0 Å². The lowest BCUT2D eigenvalue weighted by Gasteiger charge is -2.09. The van der Waals surface area contributed by atoms with Gasteiger partial charge in [0.15, 0.2) is 5.57 Å². The summed E-state index contributed by atoms with van der Waals surface area (Å²) in [5.41, 5.74) is -2.88. The molecule has 0 aromatic heterocycles. The first-order valence-electron chi connectivity index (χ1n) is 4.35. The smallest absolute Gasteiger partial charge is 0.349 e. The fourth-order valence-corrected chi connectivity index (χ4v) is 1.43. The van der Waals surface area contributed by atoms with E-state index in [1.54, 1.807) is 0 Å². The number of rotatable bonds is 2. The maximum atomic E-state index is 13.0. The second kappa shape index (κ2) is 3.57. The van der Waals surface area contributed by atoms with E-state index < -0.39 is 34.9 Å². The molecular weight excluding hydrogens is 218 g/mol. The molecule has 0 amide bonds. The molecule has 0 aromatic rings. The van der Waals surface area contributed by atoms with Crippen molar-refractivity contribution in [2.75, 3.05) is 7.11 Å². The third kappa shape index (κ3) is 1.53. The van der Waals surface area contributed by atoms with Gasteiger partial charge in [0.1, 0.15) is 6.07 Å². The summed E-state index contributed by atoms with van der Waals surface area (Å²) in [7, 11) is 1.02. The van der Waals surface area contributed by atoms with Crippen LogP contribution in [0.3, 0.4) is 0 Å². The van der Waals surface area contributed by atoms with E-state index in [0.29, 0.717) is 0 Å². The normalized spacial score (nSPS) is 27.1. The van der Waals surface area contributed by atoms with Gasteiger partial charge < -0.3 is 4.74 Å². The Labute approximate surface area is 90.7 Å². The van der Waals surface area contributed by atoms with Crippen LogP contribution in [0.5, 0.6) is 0 Å². The van der Waals surface area contributed by atoms with Crippen LogP contribution in [0, 0.1) is 28.1 Å². The number of carbonyl (C=O) groups excluding carboxylic acids is 1. The Morgan fingerprint density at radius 1 is 1.38 bits per heavy atom. The minimum absolute atomic E-state index is 0.508. The molecule has 0 aromatic carbocycles. The minimum Gasteiger partial charge on any atom is -0.465 e. The fourth-order valence-electron chi connectivity index (χ4n) is 1.43. The molecule has 1 unspecified atom stereocenters.